The average molecular weight is 481 g/mol. The van der Waals surface area contributed by atoms with Gasteiger partial charge in [0.2, 0.25) is 19.7 Å². The molecule has 2 aromatic rings. The standard InChI is InChI=1S/C26H24O5S2/c27-32(28,16-7-3-1-4-8-16)22-18-15-19(23(22)33(29,30)17-9-5-2-6-10-17)26-21-12-11-20(24(21)13-14-24)25(18,26)31-26/h1-10,18-21H,11-15H2. The van der Waals surface area contributed by atoms with E-state index < -0.39 is 30.9 Å². The lowest BCUT2D eigenvalue weighted by Crippen LogP contribution is -2.41. The van der Waals surface area contributed by atoms with Gasteiger partial charge in [0.15, 0.2) is 0 Å². The van der Waals surface area contributed by atoms with Crippen LogP contribution in [0.1, 0.15) is 32.1 Å². The van der Waals surface area contributed by atoms with Gasteiger partial charge >= 0.3 is 0 Å². The number of benzene rings is 2. The zero-order valence-corrected chi connectivity index (χ0v) is 19.6. The first-order valence-electron chi connectivity index (χ1n) is 11.9. The van der Waals surface area contributed by atoms with E-state index in [4.69, 9.17) is 4.74 Å². The summed E-state index contributed by atoms with van der Waals surface area (Å²) in [5.41, 5.74) is -0.670. The molecule has 0 amide bonds. The Hall–Kier alpha value is -1.96. The molecule has 1 saturated heterocycles. The summed E-state index contributed by atoms with van der Waals surface area (Å²) < 4.78 is 62.9. The van der Waals surface area contributed by atoms with Gasteiger partial charge < -0.3 is 4.74 Å². The Morgan fingerprint density at radius 3 is 1.48 bits per heavy atom. The summed E-state index contributed by atoms with van der Waals surface area (Å²) in [5.74, 6) is 0.00171. The van der Waals surface area contributed by atoms with Crippen LogP contribution in [0.4, 0.5) is 0 Å². The van der Waals surface area contributed by atoms with E-state index in [9.17, 15) is 16.8 Å². The lowest BCUT2D eigenvalue weighted by atomic mass is 9.73. The Kier molecular flexibility index (Phi) is 3.21. The molecular weight excluding hydrogens is 456 g/mol. The van der Waals surface area contributed by atoms with Gasteiger partial charge in [-0.15, -0.1) is 0 Å². The zero-order valence-electron chi connectivity index (χ0n) is 18.0. The smallest absolute Gasteiger partial charge is 0.204 e. The summed E-state index contributed by atoms with van der Waals surface area (Å²) in [6.07, 6.45) is 5.09. The van der Waals surface area contributed by atoms with Gasteiger partial charge in [-0.05, 0) is 73.6 Å². The molecule has 4 saturated carbocycles. The van der Waals surface area contributed by atoms with Crippen LogP contribution in [0.5, 0.6) is 0 Å². The van der Waals surface area contributed by atoms with Crippen molar-refractivity contribution >= 4 is 19.7 Å². The van der Waals surface area contributed by atoms with Crippen molar-refractivity contribution in [3.63, 3.8) is 0 Å². The first-order chi connectivity index (χ1) is 15.8. The van der Waals surface area contributed by atoms with E-state index in [-0.39, 0.29) is 36.9 Å². The van der Waals surface area contributed by atoms with Crippen molar-refractivity contribution in [3.05, 3.63) is 70.5 Å². The fourth-order valence-electron chi connectivity index (χ4n) is 9.01. The molecule has 0 radical (unpaired) electrons. The molecule has 1 spiro atoms. The van der Waals surface area contributed by atoms with E-state index in [0.717, 1.165) is 12.8 Å². The van der Waals surface area contributed by atoms with Gasteiger partial charge in [0.1, 0.15) is 11.2 Å². The van der Waals surface area contributed by atoms with Crippen molar-refractivity contribution in [1.82, 2.24) is 0 Å². The molecule has 8 rings (SSSR count). The van der Waals surface area contributed by atoms with Crippen molar-refractivity contribution in [1.29, 1.82) is 0 Å². The Bertz CT molecular complexity index is 1370. The highest BCUT2D eigenvalue weighted by molar-refractivity contribution is 7.99. The number of hydrogen-bond donors (Lipinski definition) is 0. The molecule has 5 fully saturated rings. The summed E-state index contributed by atoms with van der Waals surface area (Å²) in [6, 6.07) is 16.6. The third-order valence-corrected chi connectivity index (χ3v) is 14.1. The quantitative estimate of drug-likeness (QED) is 0.615. The summed E-state index contributed by atoms with van der Waals surface area (Å²) in [5, 5.41) is 0. The van der Waals surface area contributed by atoms with E-state index in [1.165, 1.54) is 12.8 Å². The number of fused-ring (bicyclic) bond motifs is 2. The van der Waals surface area contributed by atoms with E-state index in [1.54, 1.807) is 60.7 Å². The molecule has 1 heterocycles. The van der Waals surface area contributed by atoms with Crippen LogP contribution in [0.2, 0.25) is 0 Å². The SMILES string of the molecule is O=S(=O)(C1=C(S(=O)(=O)c2ccccc2)C2CC1C13OC21C1CCC3C12CC2)c1ccccc1. The second kappa shape index (κ2) is 5.47. The monoisotopic (exact) mass is 480 g/mol. The van der Waals surface area contributed by atoms with Crippen LogP contribution in [-0.2, 0) is 24.4 Å². The number of ether oxygens (including phenoxy) is 1. The molecule has 0 N–H and O–H groups in total. The van der Waals surface area contributed by atoms with Crippen molar-refractivity contribution in [3.8, 4) is 0 Å². The largest absolute Gasteiger partial charge is 0.360 e. The van der Waals surface area contributed by atoms with Crippen LogP contribution in [0.25, 0.3) is 0 Å². The molecule has 0 aromatic heterocycles. The maximum atomic E-state index is 14.1. The van der Waals surface area contributed by atoms with E-state index in [1.807, 2.05) is 0 Å². The summed E-state index contributed by atoms with van der Waals surface area (Å²) >= 11 is 0. The summed E-state index contributed by atoms with van der Waals surface area (Å²) in [7, 11) is -7.95. The number of sulfone groups is 2. The second-order valence-corrected chi connectivity index (χ2v) is 14.6. The first-order valence-corrected chi connectivity index (χ1v) is 14.8. The van der Waals surface area contributed by atoms with Crippen LogP contribution in [0.15, 0.2) is 80.3 Å². The Morgan fingerprint density at radius 2 is 1.09 bits per heavy atom. The minimum Gasteiger partial charge on any atom is -0.360 e. The fraction of sp³-hybridized carbons (Fsp3) is 0.462. The fourth-order valence-corrected chi connectivity index (χ4v) is 13.3. The van der Waals surface area contributed by atoms with Crippen LogP contribution < -0.4 is 0 Å². The maximum Gasteiger partial charge on any atom is 0.204 e. The van der Waals surface area contributed by atoms with Gasteiger partial charge in [0.25, 0.3) is 0 Å². The molecule has 5 aliphatic carbocycles. The third kappa shape index (κ3) is 1.85. The Morgan fingerprint density at radius 1 is 0.667 bits per heavy atom. The highest BCUT2D eigenvalue weighted by atomic mass is 32.2. The van der Waals surface area contributed by atoms with Crippen LogP contribution in [-0.4, -0.2) is 28.0 Å². The normalized spacial score (nSPS) is 40.8. The summed E-state index contributed by atoms with van der Waals surface area (Å²) in [6.45, 7) is 0. The van der Waals surface area contributed by atoms with Gasteiger partial charge in [0, 0.05) is 11.8 Å². The lowest BCUT2D eigenvalue weighted by molar-refractivity contribution is 0.0464. The summed E-state index contributed by atoms with van der Waals surface area (Å²) in [4.78, 5) is 0.582. The van der Waals surface area contributed by atoms with Crippen molar-refractivity contribution in [2.75, 3.05) is 0 Å². The lowest BCUT2D eigenvalue weighted by Gasteiger charge is -2.31. The van der Waals surface area contributed by atoms with Gasteiger partial charge in [-0.1, -0.05) is 36.4 Å². The van der Waals surface area contributed by atoms with Crippen LogP contribution in [0, 0.1) is 29.1 Å². The molecule has 7 heteroatoms. The predicted octanol–water partition coefficient (Wildman–Crippen LogP) is 4.12. The molecule has 2 aromatic carbocycles. The zero-order chi connectivity index (χ0) is 22.4. The van der Waals surface area contributed by atoms with Crippen molar-refractivity contribution in [2.45, 2.75) is 53.1 Å². The molecular formula is C26H24O5S2. The number of epoxide rings is 1. The number of hydrogen-bond acceptors (Lipinski definition) is 5. The van der Waals surface area contributed by atoms with Crippen molar-refractivity contribution < 1.29 is 21.6 Å². The molecule has 1 aliphatic heterocycles. The number of rotatable bonds is 4. The van der Waals surface area contributed by atoms with Crippen molar-refractivity contribution in [2.24, 2.45) is 29.1 Å². The van der Waals surface area contributed by atoms with Gasteiger partial charge in [-0.2, -0.15) is 0 Å². The van der Waals surface area contributed by atoms with E-state index >= 15 is 0 Å². The molecule has 5 nitrogen and oxygen atoms in total. The topological polar surface area (TPSA) is 80.8 Å². The Balaban J connectivity index is 1.40. The first kappa shape index (κ1) is 19.4. The van der Waals surface area contributed by atoms with Crippen LogP contribution in [0.3, 0.4) is 0 Å². The Labute approximate surface area is 193 Å². The van der Waals surface area contributed by atoms with Crippen LogP contribution >= 0.6 is 0 Å². The molecule has 6 atom stereocenters. The molecule has 6 aliphatic rings. The molecule has 170 valence electrons. The van der Waals surface area contributed by atoms with Gasteiger partial charge in [-0.25, -0.2) is 16.8 Å². The second-order valence-electron chi connectivity index (χ2n) is 10.8. The van der Waals surface area contributed by atoms with Gasteiger partial charge in [0.05, 0.1) is 19.6 Å². The third-order valence-electron chi connectivity index (χ3n) is 9.97. The molecule has 6 unspecified atom stereocenters. The predicted molar refractivity (Wildman–Crippen MR) is 120 cm³/mol. The van der Waals surface area contributed by atoms with E-state index in [0.29, 0.717) is 18.3 Å². The maximum absolute atomic E-state index is 14.1. The van der Waals surface area contributed by atoms with E-state index in [2.05, 4.69) is 0 Å². The highest BCUT2D eigenvalue weighted by Crippen LogP contribution is 2.93. The molecule has 4 bridgehead atoms. The highest BCUT2D eigenvalue weighted by Gasteiger charge is 2.99. The molecule has 33 heavy (non-hydrogen) atoms. The minimum absolute atomic E-state index is 0.124. The average Bonchev–Trinajstić information content (AvgIpc) is 3.61. The van der Waals surface area contributed by atoms with Gasteiger partial charge in [-0.3, -0.25) is 0 Å². The minimum atomic E-state index is -3.98.